The third-order valence-corrected chi connectivity index (χ3v) is 2.63. The monoisotopic (exact) mass is 248 g/mol. The maximum atomic E-state index is 13.2. The largest absolute Gasteiger partial charge is 0.378 e. The van der Waals surface area contributed by atoms with Crippen molar-refractivity contribution in [3.05, 3.63) is 41.7 Å². The second-order valence-corrected chi connectivity index (χ2v) is 4.59. The number of halogens is 1. The summed E-state index contributed by atoms with van der Waals surface area (Å²) in [6.07, 6.45) is 1.54. The molecule has 1 aromatic heterocycles. The van der Waals surface area contributed by atoms with E-state index in [9.17, 15) is 4.39 Å². The summed E-state index contributed by atoms with van der Waals surface area (Å²) in [4.78, 5) is 4.19. The fraction of sp³-hybridized carbons (Fsp3) is 0.385. The molecule has 0 bridgehead atoms. The van der Waals surface area contributed by atoms with Crippen molar-refractivity contribution in [3.8, 4) is 0 Å². The molecule has 0 saturated carbocycles. The minimum Gasteiger partial charge on any atom is -0.378 e. The fourth-order valence-electron chi connectivity index (χ4n) is 1.85. The molecule has 1 N–H and O–H groups in total. The van der Waals surface area contributed by atoms with Crippen LogP contribution in [0.15, 0.2) is 24.5 Å². The maximum absolute atomic E-state index is 13.2. The molecule has 0 aliphatic heterocycles. The second kappa shape index (κ2) is 5.16. The van der Waals surface area contributed by atoms with Crippen LogP contribution >= 0.6 is 0 Å². The Labute approximate surface area is 106 Å². The van der Waals surface area contributed by atoms with Crippen molar-refractivity contribution in [2.45, 2.75) is 33.4 Å². The molecule has 0 atom stereocenters. The Hall–Kier alpha value is -1.91. The quantitative estimate of drug-likeness (QED) is 0.904. The van der Waals surface area contributed by atoms with Gasteiger partial charge < -0.3 is 5.32 Å². The molecular formula is C13H17FN4. The number of aryl methyl sites for hydroxylation is 1. The van der Waals surface area contributed by atoms with Crippen LogP contribution in [0.2, 0.25) is 0 Å². The van der Waals surface area contributed by atoms with Crippen LogP contribution in [-0.4, -0.2) is 14.8 Å². The van der Waals surface area contributed by atoms with E-state index in [2.05, 4.69) is 15.4 Å². The molecule has 4 nitrogen and oxygen atoms in total. The number of hydrogen-bond acceptors (Lipinski definition) is 3. The van der Waals surface area contributed by atoms with Gasteiger partial charge in [0.1, 0.15) is 18.0 Å². The van der Waals surface area contributed by atoms with Gasteiger partial charge in [-0.2, -0.15) is 5.10 Å². The average molecular weight is 248 g/mol. The number of aromatic nitrogens is 3. The third kappa shape index (κ3) is 2.85. The van der Waals surface area contributed by atoms with Crippen LogP contribution in [-0.2, 0) is 6.54 Å². The van der Waals surface area contributed by atoms with Gasteiger partial charge in [-0.1, -0.05) is 0 Å². The van der Waals surface area contributed by atoms with E-state index >= 15 is 0 Å². The van der Waals surface area contributed by atoms with Crippen LogP contribution in [0.5, 0.6) is 0 Å². The molecule has 96 valence electrons. The summed E-state index contributed by atoms with van der Waals surface area (Å²) in [5.41, 5.74) is 1.65. The lowest BCUT2D eigenvalue weighted by molar-refractivity contribution is 0.509. The SMILES string of the molecule is Cc1cc(F)cc(NCc2ncnn2C(C)C)c1. The number of benzene rings is 1. The standard InChI is InChI=1S/C13H17FN4/c1-9(2)18-13(16-8-17-18)7-15-12-5-10(3)4-11(14)6-12/h4-6,8-9,15H,7H2,1-3H3. The van der Waals surface area contributed by atoms with Gasteiger partial charge >= 0.3 is 0 Å². The number of nitrogens with zero attached hydrogens (tertiary/aromatic N) is 3. The molecule has 0 fully saturated rings. The molecule has 1 aromatic carbocycles. The summed E-state index contributed by atoms with van der Waals surface area (Å²) >= 11 is 0. The Morgan fingerprint density at radius 1 is 1.33 bits per heavy atom. The van der Waals surface area contributed by atoms with Crippen LogP contribution in [0.25, 0.3) is 0 Å². The van der Waals surface area contributed by atoms with Gasteiger partial charge in [0.25, 0.3) is 0 Å². The van der Waals surface area contributed by atoms with E-state index < -0.39 is 0 Å². The van der Waals surface area contributed by atoms with E-state index in [0.29, 0.717) is 6.54 Å². The van der Waals surface area contributed by atoms with Gasteiger partial charge in [0.05, 0.1) is 6.54 Å². The molecule has 0 radical (unpaired) electrons. The zero-order chi connectivity index (χ0) is 13.1. The van der Waals surface area contributed by atoms with Crippen molar-refractivity contribution < 1.29 is 4.39 Å². The topological polar surface area (TPSA) is 42.7 Å². The van der Waals surface area contributed by atoms with Crippen molar-refractivity contribution in [2.24, 2.45) is 0 Å². The molecule has 0 aliphatic rings. The lowest BCUT2D eigenvalue weighted by atomic mass is 10.2. The number of nitrogens with one attached hydrogen (secondary N) is 1. The van der Waals surface area contributed by atoms with Gasteiger partial charge in [0.15, 0.2) is 0 Å². The summed E-state index contributed by atoms with van der Waals surface area (Å²) in [7, 11) is 0. The van der Waals surface area contributed by atoms with Crippen LogP contribution < -0.4 is 5.32 Å². The molecule has 0 unspecified atom stereocenters. The Morgan fingerprint density at radius 2 is 2.11 bits per heavy atom. The maximum Gasteiger partial charge on any atom is 0.146 e. The Bertz CT molecular complexity index is 513. The minimum atomic E-state index is -0.233. The van der Waals surface area contributed by atoms with Crippen molar-refractivity contribution >= 4 is 5.69 Å². The Morgan fingerprint density at radius 3 is 2.78 bits per heavy atom. The van der Waals surface area contributed by atoms with Crippen molar-refractivity contribution in [1.29, 1.82) is 0 Å². The lowest BCUT2D eigenvalue weighted by Gasteiger charge is -2.11. The molecular weight excluding hydrogens is 231 g/mol. The molecule has 2 aromatic rings. The molecule has 2 rings (SSSR count). The van der Waals surface area contributed by atoms with Gasteiger partial charge in [-0.05, 0) is 44.5 Å². The summed E-state index contributed by atoms with van der Waals surface area (Å²) < 4.78 is 15.1. The van der Waals surface area contributed by atoms with E-state index in [1.165, 1.54) is 18.5 Å². The van der Waals surface area contributed by atoms with E-state index in [1.54, 1.807) is 0 Å². The molecule has 0 spiro atoms. The van der Waals surface area contributed by atoms with Gasteiger partial charge in [-0.15, -0.1) is 0 Å². The van der Waals surface area contributed by atoms with E-state index in [1.807, 2.05) is 31.5 Å². The summed E-state index contributed by atoms with van der Waals surface area (Å²) in [5, 5.41) is 7.32. The van der Waals surface area contributed by atoms with Gasteiger partial charge in [0, 0.05) is 11.7 Å². The molecule has 1 heterocycles. The first kappa shape index (κ1) is 12.5. The predicted octanol–water partition coefficient (Wildman–Crippen LogP) is 2.92. The summed E-state index contributed by atoms with van der Waals surface area (Å²) in [6, 6.07) is 5.14. The van der Waals surface area contributed by atoms with Gasteiger partial charge in [-0.25, -0.2) is 14.1 Å². The van der Waals surface area contributed by atoms with E-state index in [0.717, 1.165) is 17.1 Å². The summed E-state index contributed by atoms with van der Waals surface area (Å²) in [5.74, 6) is 0.606. The van der Waals surface area contributed by atoms with E-state index in [-0.39, 0.29) is 11.9 Å². The average Bonchev–Trinajstić information content (AvgIpc) is 2.73. The first-order valence-electron chi connectivity index (χ1n) is 5.95. The number of anilines is 1. The highest BCUT2D eigenvalue weighted by atomic mass is 19.1. The highest BCUT2D eigenvalue weighted by Gasteiger charge is 2.07. The lowest BCUT2D eigenvalue weighted by Crippen LogP contribution is -2.12. The zero-order valence-corrected chi connectivity index (χ0v) is 10.8. The van der Waals surface area contributed by atoms with Crippen LogP contribution in [0.4, 0.5) is 10.1 Å². The molecule has 0 amide bonds. The Balaban J connectivity index is 2.09. The van der Waals surface area contributed by atoms with E-state index in [4.69, 9.17) is 0 Å². The highest BCUT2D eigenvalue weighted by Crippen LogP contribution is 2.14. The van der Waals surface area contributed by atoms with Crippen molar-refractivity contribution in [1.82, 2.24) is 14.8 Å². The smallest absolute Gasteiger partial charge is 0.146 e. The molecule has 0 aliphatic carbocycles. The van der Waals surface area contributed by atoms with Crippen LogP contribution in [0.3, 0.4) is 0 Å². The fourth-order valence-corrected chi connectivity index (χ4v) is 1.85. The van der Waals surface area contributed by atoms with Gasteiger partial charge in [0.2, 0.25) is 0 Å². The Kier molecular flexibility index (Phi) is 3.60. The first-order chi connectivity index (χ1) is 8.56. The highest BCUT2D eigenvalue weighted by molar-refractivity contribution is 5.45. The predicted molar refractivity (Wildman–Crippen MR) is 68.9 cm³/mol. The number of rotatable bonds is 4. The molecule has 18 heavy (non-hydrogen) atoms. The molecule has 0 saturated heterocycles. The van der Waals surface area contributed by atoms with Crippen LogP contribution in [0.1, 0.15) is 31.3 Å². The normalized spacial score (nSPS) is 10.9. The number of hydrogen-bond donors (Lipinski definition) is 1. The van der Waals surface area contributed by atoms with Gasteiger partial charge in [-0.3, -0.25) is 0 Å². The second-order valence-electron chi connectivity index (χ2n) is 4.59. The van der Waals surface area contributed by atoms with Crippen molar-refractivity contribution in [2.75, 3.05) is 5.32 Å². The minimum absolute atomic E-state index is 0.233. The van der Waals surface area contributed by atoms with Crippen LogP contribution in [0, 0.1) is 12.7 Å². The third-order valence-electron chi connectivity index (χ3n) is 2.63. The zero-order valence-electron chi connectivity index (χ0n) is 10.8. The molecule has 5 heteroatoms. The summed E-state index contributed by atoms with van der Waals surface area (Å²) in [6.45, 7) is 6.49. The van der Waals surface area contributed by atoms with Crippen molar-refractivity contribution in [3.63, 3.8) is 0 Å². The first-order valence-corrected chi connectivity index (χ1v) is 5.95.